The number of carbonyl (C=O) groups excluding carboxylic acids is 1. The maximum absolute atomic E-state index is 13.1. The topological polar surface area (TPSA) is 71.8 Å². The van der Waals surface area contributed by atoms with Crippen LogP contribution in [0.1, 0.15) is 24.1 Å². The Hall–Kier alpha value is -3.22. The highest BCUT2D eigenvalue weighted by molar-refractivity contribution is 5.74. The van der Waals surface area contributed by atoms with Crippen LogP contribution < -0.4 is 10.6 Å². The zero-order valence-corrected chi connectivity index (χ0v) is 14.4. The van der Waals surface area contributed by atoms with E-state index in [1.165, 1.54) is 18.5 Å². The zero-order valence-electron chi connectivity index (χ0n) is 14.4. The minimum atomic E-state index is -0.269. The van der Waals surface area contributed by atoms with E-state index in [9.17, 15) is 9.18 Å². The summed E-state index contributed by atoms with van der Waals surface area (Å²) in [4.78, 5) is 15.9. The summed E-state index contributed by atoms with van der Waals surface area (Å²) >= 11 is 0. The molecule has 0 spiro atoms. The van der Waals surface area contributed by atoms with E-state index in [0.717, 1.165) is 16.8 Å². The van der Waals surface area contributed by atoms with Crippen molar-refractivity contribution < 1.29 is 9.18 Å². The van der Waals surface area contributed by atoms with Crippen LogP contribution in [0.5, 0.6) is 0 Å². The fraction of sp³-hybridized carbons (Fsp3) is 0.211. The average molecular weight is 353 g/mol. The van der Waals surface area contributed by atoms with E-state index < -0.39 is 0 Å². The number of halogens is 1. The van der Waals surface area contributed by atoms with Gasteiger partial charge >= 0.3 is 6.03 Å². The molecule has 134 valence electrons. The molecule has 1 heterocycles. The number of hydrogen-bond donors (Lipinski definition) is 2. The molecule has 0 bridgehead atoms. The van der Waals surface area contributed by atoms with Crippen LogP contribution in [0.15, 0.2) is 61.2 Å². The van der Waals surface area contributed by atoms with Crippen LogP contribution in [0.2, 0.25) is 0 Å². The van der Waals surface area contributed by atoms with Gasteiger partial charge < -0.3 is 10.6 Å². The molecule has 26 heavy (non-hydrogen) atoms. The van der Waals surface area contributed by atoms with Gasteiger partial charge in [0.05, 0.1) is 11.7 Å². The number of nitrogens with one attached hydrogen (secondary N) is 2. The molecule has 2 N–H and O–H groups in total. The molecule has 7 heteroatoms. The Morgan fingerprint density at radius 2 is 2.04 bits per heavy atom. The first kappa shape index (κ1) is 17.6. The summed E-state index contributed by atoms with van der Waals surface area (Å²) in [5.41, 5.74) is 2.73. The van der Waals surface area contributed by atoms with Crippen molar-refractivity contribution in [3.05, 3.63) is 78.1 Å². The first-order valence-electron chi connectivity index (χ1n) is 8.35. The normalized spacial score (nSPS) is 11.8. The van der Waals surface area contributed by atoms with E-state index in [1.54, 1.807) is 17.1 Å². The van der Waals surface area contributed by atoms with Crippen LogP contribution in [0.4, 0.5) is 9.18 Å². The molecule has 0 saturated carbocycles. The number of nitrogens with zero attached hydrogens (tertiary/aromatic N) is 3. The average Bonchev–Trinajstić information content (AvgIpc) is 3.16. The quantitative estimate of drug-likeness (QED) is 0.716. The van der Waals surface area contributed by atoms with Gasteiger partial charge in [-0.2, -0.15) is 5.10 Å². The van der Waals surface area contributed by atoms with E-state index in [4.69, 9.17) is 0 Å². The summed E-state index contributed by atoms with van der Waals surface area (Å²) in [6, 6.07) is 13.7. The minimum Gasteiger partial charge on any atom is -0.338 e. The standard InChI is InChI=1S/C19H20FN5O/c1-14(16-5-7-18(8-6-16)25-13-21-12-23-25)24-19(26)22-10-9-15-3-2-4-17(20)11-15/h2-8,11-14H,9-10H2,1H3,(H2,22,24,26). The van der Waals surface area contributed by atoms with Gasteiger partial charge in [0, 0.05) is 6.54 Å². The van der Waals surface area contributed by atoms with Gasteiger partial charge in [0.1, 0.15) is 18.5 Å². The largest absolute Gasteiger partial charge is 0.338 e. The fourth-order valence-corrected chi connectivity index (χ4v) is 2.60. The lowest BCUT2D eigenvalue weighted by molar-refractivity contribution is 0.238. The van der Waals surface area contributed by atoms with Crippen molar-refractivity contribution in [2.75, 3.05) is 6.54 Å². The van der Waals surface area contributed by atoms with Gasteiger partial charge in [-0.05, 0) is 48.7 Å². The predicted molar refractivity (Wildman–Crippen MR) is 96.4 cm³/mol. The van der Waals surface area contributed by atoms with Crippen molar-refractivity contribution in [2.24, 2.45) is 0 Å². The van der Waals surface area contributed by atoms with Crippen molar-refractivity contribution in [1.29, 1.82) is 0 Å². The number of urea groups is 1. The Bertz CT molecular complexity index is 849. The third-order valence-electron chi connectivity index (χ3n) is 4.01. The summed E-state index contributed by atoms with van der Waals surface area (Å²) in [7, 11) is 0. The zero-order chi connectivity index (χ0) is 18.4. The van der Waals surface area contributed by atoms with E-state index in [1.807, 2.05) is 37.3 Å². The summed E-state index contributed by atoms with van der Waals surface area (Å²) in [6.07, 6.45) is 3.68. The van der Waals surface area contributed by atoms with Crippen LogP contribution in [0.25, 0.3) is 5.69 Å². The van der Waals surface area contributed by atoms with Gasteiger partial charge in [-0.1, -0.05) is 24.3 Å². The second-order valence-corrected chi connectivity index (χ2v) is 5.93. The van der Waals surface area contributed by atoms with E-state index >= 15 is 0 Å². The Balaban J connectivity index is 1.47. The maximum atomic E-state index is 13.1. The molecule has 3 aromatic rings. The Morgan fingerprint density at radius 3 is 2.73 bits per heavy atom. The Morgan fingerprint density at radius 1 is 1.23 bits per heavy atom. The van der Waals surface area contributed by atoms with Crippen molar-refractivity contribution in [3.63, 3.8) is 0 Å². The summed E-state index contributed by atoms with van der Waals surface area (Å²) in [6.45, 7) is 2.35. The molecule has 1 aromatic heterocycles. The second-order valence-electron chi connectivity index (χ2n) is 5.93. The first-order valence-corrected chi connectivity index (χ1v) is 8.35. The Kier molecular flexibility index (Phi) is 5.58. The van der Waals surface area contributed by atoms with Gasteiger partial charge in [0.2, 0.25) is 0 Å². The highest BCUT2D eigenvalue weighted by Gasteiger charge is 2.09. The monoisotopic (exact) mass is 353 g/mol. The lowest BCUT2D eigenvalue weighted by Crippen LogP contribution is -2.38. The van der Waals surface area contributed by atoms with Gasteiger partial charge in [0.15, 0.2) is 0 Å². The summed E-state index contributed by atoms with van der Waals surface area (Å²) in [5.74, 6) is -0.269. The van der Waals surface area contributed by atoms with Crippen LogP contribution in [-0.2, 0) is 6.42 Å². The highest BCUT2D eigenvalue weighted by Crippen LogP contribution is 2.15. The number of carbonyl (C=O) groups is 1. The van der Waals surface area contributed by atoms with Crippen molar-refractivity contribution in [2.45, 2.75) is 19.4 Å². The predicted octanol–water partition coefficient (Wildman–Crippen LogP) is 3.01. The third kappa shape index (κ3) is 4.66. The van der Waals surface area contributed by atoms with Gasteiger partial charge in [-0.15, -0.1) is 0 Å². The maximum Gasteiger partial charge on any atom is 0.315 e. The second kappa shape index (κ2) is 8.24. The molecule has 1 unspecified atom stereocenters. The molecular weight excluding hydrogens is 333 g/mol. The number of aromatic nitrogens is 3. The molecular formula is C19H20FN5O. The molecule has 0 fully saturated rings. The molecule has 6 nitrogen and oxygen atoms in total. The van der Waals surface area contributed by atoms with Gasteiger partial charge in [-0.25, -0.2) is 18.9 Å². The van der Waals surface area contributed by atoms with Gasteiger partial charge in [0.25, 0.3) is 0 Å². The summed E-state index contributed by atoms with van der Waals surface area (Å²) < 4.78 is 14.8. The number of amides is 2. The highest BCUT2D eigenvalue weighted by atomic mass is 19.1. The van der Waals surface area contributed by atoms with E-state index in [-0.39, 0.29) is 17.9 Å². The van der Waals surface area contributed by atoms with Crippen LogP contribution in [0, 0.1) is 5.82 Å². The fourth-order valence-electron chi connectivity index (χ4n) is 2.60. The minimum absolute atomic E-state index is 0.144. The van der Waals surface area contributed by atoms with Gasteiger partial charge in [-0.3, -0.25) is 0 Å². The Labute approximate surface area is 151 Å². The van der Waals surface area contributed by atoms with Crippen LogP contribution in [0.3, 0.4) is 0 Å². The molecule has 2 amide bonds. The third-order valence-corrected chi connectivity index (χ3v) is 4.01. The molecule has 3 rings (SSSR count). The first-order chi connectivity index (χ1) is 12.6. The molecule has 0 aliphatic carbocycles. The van der Waals surface area contributed by atoms with E-state index in [2.05, 4.69) is 20.7 Å². The van der Waals surface area contributed by atoms with Crippen molar-refractivity contribution in [1.82, 2.24) is 25.4 Å². The SMILES string of the molecule is CC(NC(=O)NCCc1cccc(F)c1)c1ccc(-n2cncn2)cc1. The van der Waals surface area contributed by atoms with Crippen LogP contribution >= 0.6 is 0 Å². The number of rotatable bonds is 6. The summed E-state index contributed by atoms with van der Waals surface area (Å²) in [5, 5.41) is 9.76. The van der Waals surface area contributed by atoms with Crippen molar-refractivity contribution >= 4 is 6.03 Å². The van der Waals surface area contributed by atoms with Crippen molar-refractivity contribution in [3.8, 4) is 5.69 Å². The molecule has 2 aromatic carbocycles. The smallest absolute Gasteiger partial charge is 0.315 e. The molecule has 0 aliphatic rings. The molecule has 1 atom stereocenters. The van der Waals surface area contributed by atoms with E-state index in [0.29, 0.717) is 13.0 Å². The lowest BCUT2D eigenvalue weighted by Gasteiger charge is -2.15. The van der Waals surface area contributed by atoms with Crippen LogP contribution in [-0.4, -0.2) is 27.3 Å². The number of hydrogen-bond acceptors (Lipinski definition) is 3. The number of benzene rings is 2. The molecule has 0 aliphatic heterocycles. The lowest BCUT2D eigenvalue weighted by atomic mass is 10.1. The molecule has 0 radical (unpaired) electrons. The molecule has 0 saturated heterocycles.